The maximum absolute atomic E-state index is 14.1. The number of nitrogens with zero attached hydrogens (tertiary/aromatic N) is 2. The highest BCUT2D eigenvalue weighted by Gasteiger charge is 2.13. The second-order valence-corrected chi connectivity index (χ2v) is 5.68. The molecule has 0 spiro atoms. The molecule has 0 aliphatic carbocycles. The molecular weight excluding hydrogens is 317 g/mol. The van der Waals surface area contributed by atoms with Crippen molar-refractivity contribution in [2.24, 2.45) is 0 Å². The molecule has 0 aliphatic rings. The molecule has 2 N–H and O–H groups in total. The number of aliphatic hydroxyl groups is 1. The molecular formula is C16H14FN3O2S. The van der Waals surface area contributed by atoms with Gasteiger partial charge in [-0.15, -0.1) is 0 Å². The molecule has 118 valence electrons. The van der Waals surface area contributed by atoms with Crippen LogP contribution >= 0.6 is 11.3 Å². The van der Waals surface area contributed by atoms with Gasteiger partial charge in [0.25, 0.3) is 5.91 Å². The zero-order valence-electron chi connectivity index (χ0n) is 12.0. The van der Waals surface area contributed by atoms with Crippen molar-refractivity contribution in [2.45, 2.75) is 6.10 Å². The smallest absolute Gasteiger partial charge is 0.251 e. The fourth-order valence-electron chi connectivity index (χ4n) is 2.12. The number of carbonyl (C=O) groups excluding carboxylic acids is 1. The summed E-state index contributed by atoms with van der Waals surface area (Å²) in [7, 11) is 0. The molecule has 3 rings (SSSR count). The summed E-state index contributed by atoms with van der Waals surface area (Å²) < 4.78 is 15.5. The van der Waals surface area contributed by atoms with E-state index in [-0.39, 0.29) is 17.8 Å². The van der Waals surface area contributed by atoms with Gasteiger partial charge in [-0.25, -0.2) is 9.07 Å². The van der Waals surface area contributed by atoms with Crippen LogP contribution in [0.4, 0.5) is 4.39 Å². The van der Waals surface area contributed by atoms with Crippen molar-refractivity contribution in [1.29, 1.82) is 0 Å². The summed E-state index contributed by atoms with van der Waals surface area (Å²) in [4.78, 5) is 12.1. The Kier molecular flexibility index (Phi) is 4.50. The van der Waals surface area contributed by atoms with Crippen LogP contribution < -0.4 is 5.32 Å². The number of hydrogen-bond donors (Lipinski definition) is 2. The highest BCUT2D eigenvalue weighted by atomic mass is 32.1. The lowest BCUT2D eigenvalue weighted by Gasteiger charge is -2.11. The Morgan fingerprint density at radius 1 is 1.43 bits per heavy atom. The number of amides is 1. The van der Waals surface area contributed by atoms with Crippen molar-refractivity contribution < 1.29 is 14.3 Å². The van der Waals surface area contributed by atoms with Crippen molar-refractivity contribution in [3.05, 3.63) is 70.4 Å². The van der Waals surface area contributed by atoms with Crippen molar-refractivity contribution >= 4 is 17.2 Å². The van der Waals surface area contributed by atoms with Crippen LogP contribution in [0, 0.1) is 5.82 Å². The zero-order chi connectivity index (χ0) is 16.2. The summed E-state index contributed by atoms with van der Waals surface area (Å²) in [5, 5.41) is 20.1. The predicted octanol–water partition coefficient (Wildman–Crippen LogP) is 2.54. The van der Waals surface area contributed by atoms with Gasteiger partial charge < -0.3 is 10.4 Å². The Morgan fingerprint density at radius 3 is 2.96 bits per heavy atom. The van der Waals surface area contributed by atoms with Crippen molar-refractivity contribution in [1.82, 2.24) is 15.1 Å². The molecule has 0 radical (unpaired) electrons. The molecule has 0 bridgehead atoms. The van der Waals surface area contributed by atoms with Gasteiger partial charge >= 0.3 is 0 Å². The van der Waals surface area contributed by atoms with Crippen LogP contribution in [-0.4, -0.2) is 27.3 Å². The van der Waals surface area contributed by atoms with E-state index in [4.69, 9.17) is 0 Å². The molecule has 2 aromatic heterocycles. The summed E-state index contributed by atoms with van der Waals surface area (Å²) in [6.07, 6.45) is 2.39. The summed E-state index contributed by atoms with van der Waals surface area (Å²) in [6, 6.07) is 7.65. The van der Waals surface area contributed by atoms with Crippen LogP contribution in [0.25, 0.3) is 5.69 Å². The average Bonchev–Trinajstić information content (AvgIpc) is 3.25. The van der Waals surface area contributed by atoms with Crippen LogP contribution in [0.5, 0.6) is 0 Å². The molecule has 7 heteroatoms. The second kappa shape index (κ2) is 6.72. The first kappa shape index (κ1) is 15.4. The van der Waals surface area contributed by atoms with Crippen molar-refractivity contribution in [2.75, 3.05) is 6.54 Å². The third kappa shape index (κ3) is 3.46. The number of thiophene rings is 1. The molecule has 3 aromatic rings. The fraction of sp³-hybridized carbons (Fsp3) is 0.125. The van der Waals surface area contributed by atoms with Crippen molar-refractivity contribution in [3.8, 4) is 5.69 Å². The Hall–Kier alpha value is -2.51. The lowest BCUT2D eigenvalue weighted by Crippen LogP contribution is -2.28. The van der Waals surface area contributed by atoms with E-state index in [0.29, 0.717) is 0 Å². The first-order chi connectivity index (χ1) is 11.1. The highest BCUT2D eigenvalue weighted by molar-refractivity contribution is 7.07. The molecule has 1 amide bonds. The molecule has 0 saturated carbocycles. The molecule has 23 heavy (non-hydrogen) atoms. The van der Waals surface area contributed by atoms with Gasteiger partial charge in [-0.3, -0.25) is 4.79 Å². The zero-order valence-corrected chi connectivity index (χ0v) is 12.8. The minimum Gasteiger partial charge on any atom is -0.387 e. The molecule has 5 nitrogen and oxygen atoms in total. The van der Waals surface area contributed by atoms with E-state index in [1.807, 2.05) is 10.8 Å². The van der Waals surface area contributed by atoms with Crippen LogP contribution in [0.15, 0.2) is 53.5 Å². The first-order valence-corrected chi connectivity index (χ1v) is 7.87. The first-order valence-electron chi connectivity index (χ1n) is 6.93. The van der Waals surface area contributed by atoms with Crippen LogP contribution in [0.2, 0.25) is 0 Å². The van der Waals surface area contributed by atoms with Gasteiger partial charge in [-0.2, -0.15) is 16.4 Å². The molecule has 0 fully saturated rings. The number of halogens is 1. The number of hydrogen-bond acceptors (Lipinski definition) is 4. The number of aliphatic hydroxyl groups excluding tert-OH is 1. The van der Waals surface area contributed by atoms with Crippen LogP contribution in [-0.2, 0) is 0 Å². The number of aromatic nitrogens is 2. The average molecular weight is 331 g/mol. The lowest BCUT2D eigenvalue weighted by atomic mass is 10.1. The fourth-order valence-corrected chi connectivity index (χ4v) is 2.83. The number of carbonyl (C=O) groups is 1. The lowest BCUT2D eigenvalue weighted by molar-refractivity contribution is 0.0916. The maximum atomic E-state index is 14.1. The summed E-state index contributed by atoms with van der Waals surface area (Å²) in [5.74, 6) is -0.982. The van der Waals surface area contributed by atoms with Gasteiger partial charge in [0.05, 0.1) is 6.10 Å². The topological polar surface area (TPSA) is 67.2 Å². The Morgan fingerprint density at radius 2 is 2.30 bits per heavy atom. The minimum absolute atomic E-state index is 0.0676. The number of benzene rings is 1. The van der Waals surface area contributed by atoms with Gasteiger partial charge in [0.15, 0.2) is 0 Å². The van der Waals surface area contributed by atoms with Crippen LogP contribution in [0.1, 0.15) is 22.0 Å². The van der Waals surface area contributed by atoms with Crippen molar-refractivity contribution in [3.63, 3.8) is 0 Å². The van der Waals surface area contributed by atoms with E-state index in [1.165, 1.54) is 28.2 Å². The SMILES string of the molecule is O=C(NCC(O)c1ccsc1)c1ccc(-n2cccn2)c(F)c1. The largest absolute Gasteiger partial charge is 0.387 e. The third-order valence-electron chi connectivity index (χ3n) is 3.35. The number of nitrogens with one attached hydrogen (secondary N) is 1. The summed E-state index contributed by atoms with van der Waals surface area (Å²) >= 11 is 1.47. The predicted molar refractivity (Wildman–Crippen MR) is 85.1 cm³/mol. The molecule has 1 unspecified atom stereocenters. The Labute approximate surface area is 136 Å². The van der Waals surface area contributed by atoms with Gasteiger partial charge in [-0.1, -0.05) is 0 Å². The van der Waals surface area contributed by atoms with E-state index in [2.05, 4.69) is 10.4 Å². The van der Waals surface area contributed by atoms with Gasteiger partial charge in [0, 0.05) is 24.5 Å². The van der Waals surface area contributed by atoms with Gasteiger partial charge in [0.2, 0.25) is 0 Å². The Bertz CT molecular complexity index is 788. The molecule has 0 aliphatic heterocycles. The molecule has 0 saturated heterocycles. The van der Waals surface area contributed by atoms with E-state index in [9.17, 15) is 14.3 Å². The molecule has 1 aromatic carbocycles. The van der Waals surface area contributed by atoms with Gasteiger partial charge in [0.1, 0.15) is 11.5 Å². The summed E-state index contributed by atoms with van der Waals surface area (Å²) in [6.45, 7) is 0.0676. The Balaban J connectivity index is 1.67. The van der Waals surface area contributed by atoms with E-state index in [1.54, 1.807) is 24.5 Å². The molecule has 2 heterocycles. The highest BCUT2D eigenvalue weighted by Crippen LogP contribution is 2.16. The quantitative estimate of drug-likeness (QED) is 0.755. The maximum Gasteiger partial charge on any atom is 0.251 e. The number of rotatable bonds is 5. The summed E-state index contributed by atoms with van der Waals surface area (Å²) in [5.41, 5.74) is 1.20. The monoisotopic (exact) mass is 331 g/mol. The standard InChI is InChI=1S/C16H14FN3O2S/c17-13-8-11(2-3-14(13)20-6-1-5-19-20)16(22)18-9-15(21)12-4-7-23-10-12/h1-8,10,15,21H,9H2,(H,18,22). The normalized spacial score (nSPS) is 12.1. The third-order valence-corrected chi connectivity index (χ3v) is 4.05. The van der Waals surface area contributed by atoms with E-state index in [0.717, 1.165) is 11.6 Å². The minimum atomic E-state index is -0.779. The molecule has 1 atom stereocenters. The van der Waals surface area contributed by atoms with Crippen LogP contribution in [0.3, 0.4) is 0 Å². The van der Waals surface area contributed by atoms with Gasteiger partial charge in [-0.05, 0) is 46.7 Å². The second-order valence-electron chi connectivity index (χ2n) is 4.90. The van der Waals surface area contributed by atoms with E-state index >= 15 is 0 Å². The van der Waals surface area contributed by atoms with E-state index < -0.39 is 17.8 Å².